The third-order valence-corrected chi connectivity index (χ3v) is 4.91. The number of halogens is 4. The van der Waals surface area contributed by atoms with Gasteiger partial charge < -0.3 is 4.98 Å². The summed E-state index contributed by atoms with van der Waals surface area (Å²) in [6.45, 7) is 0. The average Bonchev–Trinajstić information content (AvgIpc) is 2.51. The van der Waals surface area contributed by atoms with Crippen LogP contribution < -0.4 is 5.56 Å². The molecule has 0 aliphatic heterocycles. The molecule has 0 atom stereocenters. The number of benzene rings is 2. The highest BCUT2D eigenvalue weighted by Gasteiger charge is 2.19. The molecule has 1 N–H and O–H groups in total. The van der Waals surface area contributed by atoms with Gasteiger partial charge in [-0.25, -0.2) is 4.57 Å². The zero-order valence-corrected chi connectivity index (χ0v) is 16.2. The summed E-state index contributed by atoms with van der Waals surface area (Å²) in [6, 6.07) is 7.64. The normalized spacial score (nSPS) is 11.0. The van der Waals surface area contributed by atoms with Crippen molar-refractivity contribution in [1.29, 1.82) is 0 Å². The van der Waals surface area contributed by atoms with Crippen LogP contribution in [0.4, 0.5) is 0 Å². The second-order valence-electron chi connectivity index (χ2n) is 4.81. The third-order valence-electron chi connectivity index (χ3n) is 3.29. The van der Waals surface area contributed by atoms with Crippen molar-refractivity contribution in [3.8, 4) is 0 Å². The summed E-state index contributed by atoms with van der Waals surface area (Å²) in [6.07, 6.45) is 0. The average molecular weight is 465 g/mol. The van der Waals surface area contributed by atoms with Crippen LogP contribution >= 0.6 is 63.0 Å². The van der Waals surface area contributed by atoms with Crippen molar-refractivity contribution in [1.82, 2.24) is 9.55 Å². The van der Waals surface area contributed by atoms with Gasteiger partial charge in [0, 0.05) is 9.50 Å². The van der Waals surface area contributed by atoms with Crippen molar-refractivity contribution in [3.63, 3.8) is 0 Å². The van der Waals surface area contributed by atoms with Crippen LogP contribution in [0.1, 0.15) is 10.4 Å². The molecule has 0 aliphatic carbocycles. The monoisotopic (exact) mass is 462 g/mol. The van der Waals surface area contributed by atoms with E-state index < -0.39 is 11.5 Å². The van der Waals surface area contributed by atoms with E-state index in [1.165, 1.54) is 18.2 Å². The molecule has 1 heterocycles. The molecule has 0 unspecified atom stereocenters. The molecule has 4 nitrogen and oxygen atoms in total. The summed E-state index contributed by atoms with van der Waals surface area (Å²) in [5.41, 5.74) is -0.167. The molecular formula is C15H6BrCl3N2O2S. The Hall–Kier alpha value is -1.18. The number of rotatable bonds is 1. The van der Waals surface area contributed by atoms with Crippen molar-refractivity contribution in [2.24, 2.45) is 0 Å². The van der Waals surface area contributed by atoms with Gasteiger partial charge >= 0.3 is 0 Å². The largest absolute Gasteiger partial charge is 0.330 e. The van der Waals surface area contributed by atoms with Gasteiger partial charge in [-0.2, -0.15) is 0 Å². The van der Waals surface area contributed by atoms with Crippen LogP contribution in [0.2, 0.25) is 15.1 Å². The lowest BCUT2D eigenvalue weighted by Crippen LogP contribution is -2.29. The van der Waals surface area contributed by atoms with Gasteiger partial charge in [0.05, 0.1) is 26.5 Å². The molecule has 24 heavy (non-hydrogen) atoms. The predicted molar refractivity (Wildman–Crippen MR) is 102 cm³/mol. The number of carbonyl (C=O) groups excluding carboxylic acids is 1. The van der Waals surface area contributed by atoms with E-state index >= 15 is 0 Å². The molecular weight excluding hydrogens is 459 g/mol. The summed E-state index contributed by atoms with van der Waals surface area (Å²) in [4.78, 5) is 28.3. The van der Waals surface area contributed by atoms with E-state index in [4.69, 9.17) is 47.0 Å². The SMILES string of the molecule is O=C(c1cc(Br)ccc1Cl)n1c(=S)[nH]c2c(Cl)cc(Cl)cc2c1=O. The van der Waals surface area contributed by atoms with Crippen LogP contribution in [0.15, 0.2) is 39.6 Å². The molecule has 3 aromatic rings. The number of aromatic nitrogens is 2. The van der Waals surface area contributed by atoms with Gasteiger partial charge in [-0.3, -0.25) is 9.59 Å². The van der Waals surface area contributed by atoms with E-state index in [0.29, 0.717) is 9.99 Å². The molecule has 3 rings (SSSR count). The van der Waals surface area contributed by atoms with Crippen molar-refractivity contribution in [2.75, 3.05) is 0 Å². The van der Waals surface area contributed by atoms with Gasteiger partial charge in [0.15, 0.2) is 4.77 Å². The molecule has 0 saturated carbocycles. The zero-order valence-electron chi connectivity index (χ0n) is 11.6. The second kappa shape index (κ2) is 6.61. The van der Waals surface area contributed by atoms with Crippen molar-refractivity contribution < 1.29 is 4.79 Å². The molecule has 0 saturated heterocycles. The number of H-pyrrole nitrogens is 1. The van der Waals surface area contributed by atoms with E-state index in [1.54, 1.807) is 12.1 Å². The van der Waals surface area contributed by atoms with Gasteiger partial charge in [-0.05, 0) is 42.5 Å². The van der Waals surface area contributed by atoms with E-state index in [-0.39, 0.29) is 30.8 Å². The van der Waals surface area contributed by atoms with Gasteiger partial charge in [0.1, 0.15) is 0 Å². The number of hydrogen-bond donors (Lipinski definition) is 1. The number of nitrogens with zero attached hydrogens (tertiary/aromatic N) is 1. The fourth-order valence-electron chi connectivity index (χ4n) is 2.21. The van der Waals surface area contributed by atoms with Crippen LogP contribution in [0.3, 0.4) is 0 Å². The lowest BCUT2D eigenvalue weighted by molar-refractivity contribution is 0.0953. The Labute approximate surface area is 164 Å². The van der Waals surface area contributed by atoms with E-state index in [1.807, 2.05) is 0 Å². The maximum Gasteiger partial charge on any atom is 0.269 e. The van der Waals surface area contributed by atoms with Crippen LogP contribution in [0.25, 0.3) is 10.9 Å². The number of hydrogen-bond acceptors (Lipinski definition) is 3. The molecule has 0 aliphatic rings. The third kappa shape index (κ3) is 3.05. The van der Waals surface area contributed by atoms with Crippen LogP contribution in [-0.2, 0) is 0 Å². The number of fused-ring (bicyclic) bond motifs is 1. The fraction of sp³-hybridized carbons (Fsp3) is 0. The summed E-state index contributed by atoms with van der Waals surface area (Å²) < 4.78 is 1.39. The highest BCUT2D eigenvalue weighted by atomic mass is 79.9. The lowest BCUT2D eigenvalue weighted by atomic mass is 10.2. The van der Waals surface area contributed by atoms with Gasteiger partial charge in [0.2, 0.25) is 0 Å². The molecule has 2 aromatic carbocycles. The summed E-state index contributed by atoms with van der Waals surface area (Å²) in [5.74, 6) is -0.648. The van der Waals surface area contributed by atoms with Gasteiger partial charge in [-0.1, -0.05) is 50.7 Å². The van der Waals surface area contributed by atoms with Crippen molar-refractivity contribution >= 4 is 79.8 Å². The fourth-order valence-corrected chi connectivity index (χ4v) is 3.58. The first-order valence-corrected chi connectivity index (χ1v) is 8.77. The Kier molecular flexibility index (Phi) is 4.86. The Bertz CT molecular complexity index is 1120. The summed E-state index contributed by atoms with van der Waals surface area (Å²) in [7, 11) is 0. The van der Waals surface area contributed by atoms with E-state index in [0.717, 1.165) is 4.57 Å². The second-order valence-corrected chi connectivity index (χ2v) is 7.36. The molecule has 0 amide bonds. The first-order chi connectivity index (χ1) is 11.3. The van der Waals surface area contributed by atoms with Crippen LogP contribution in [-0.4, -0.2) is 15.5 Å². The summed E-state index contributed by atoms with van der Waals surface area (Å²) >= 11 is 26.5. The number of aromatic amines is 1. The molecule has 0 spiro atoms. The topological polar surface area (TPSA) is 54.9 Å². The number of nitrogens with one attached hydrogen (secondary N) is 1. The minimum Gasteiger partial charge on any atom is -0.330 e. The predicted octanol–water partition coefficient (Wildman–Crippen LogP) is 5.47. The quantitative estimate of drug-likeness (QED) is 0.486. The molecule has 1 aromatic heterocycles. The maximum atomic E-state index is 12.8. The van der Waals surface area contributed by atoms with Crippen LogP contribution in [0.5, 0.6) is 0 Å². The minimum atomic E-state index is -0.648. The highest BCUT2D eigenvalue weighted by Crippen LogP contribution is 2.25. The van der Waals surface area contributed by atoms with Gasteiger partial charge in [-0.15, -0.1) is 0 Å². The molecule has 9 heteroatoms. The first kappa shape index (κ1) is 17.6. The maximum absolute atomic E-state index is 12.8. The Morgan fingerprint density at radius 3 is 2.54 bits per heavy atom. The molecule has 122 valence electrons. The number of carbonyl (C=O) groups is 1. The molecule has 0 bridgehead atoms. The molecule has 0 radical (unpaired) electrons. The van der Waals surface area contributed by atoms with Crippen molar-refractivity contribution in [3.05, 3.63) is 70.6 Å². The van der Waals surface area contributed by atoms with Crippen LogP contribution in [0, 0.1) is 4.77 Å². The summed E-state index contributed by atoms with van der Waals surface area (Å²) in [5, 5.41) is 0.865. The van der Waals surface area contributed by atoms with E-state index in [9.17, 15) is 9.59 Å². The lowest BCUT2D eigenvalue weighted by Gasteiger charge is -2.09. The smallest absolute Gasteiger partial charge is 0.269 e. The zero-order chi connectivity index (χ0) is 17.6. The van der Waals surface area contributed by atoms with E-state index in [2.05, 4.69) is 20.9 Å². The van der Waals surface area contributed by atoms with Crippen molar-refractivity contribution in [2.45, 2.75) is 0 Å². The standard InChI is InChI=1S/C15H6BrCl3N2O2S/c16-6-1-2-10(18)8(3-6)13(22)21-14(23)9-4-7(17)5-11(19)12(9)20-15(21)24/h1-5H,(H,20,24). The Morgan fingerprint density at radius 2 is 1.83 bits per heavy atom. The highest BCUT2D eigenvalue weighted by molar-refractivity contribution is 9.10. The Morgan fingerprint density at radius 1 is 1.12 bits per heavy atom. The first-order valence-electron chi connectivity index (χ1n) is 6.43. The van der Waals surface area contributed by atoms with Gasteiger partial charge in [0.25, 0.3) is 11.5 Å². The molecule has 0 fully saturated rings. The minimum absolute atomic E-state index is 0.0854. The Balaban J connectivity index is 2.35.